The van der Waals surface area contributed by atoms with Gasteiger partial charge in [-0.3, -0.25) is 20.4 Å². The van der Waals surface area contributed by atoms with Crippen LogP contribution in [0.2, 0.25) is 0 Å². The Kier molecular flexibility index (Phi) is 6.80. The van der Waals surface area contributed by atoms with Gasteiger partial charge in [0.2, 0.25) is 5.88 Å². The standard InChI is InChI=1S/C21H18BrN3O4/c1-14-4-2-5-17(12-14)28-13-19(26)24-25-20(27)18-6-3-11-23-21(18)29-16-9-7-15(22)8-10-16/h2-12H,13H2,1H3,(H,24,26)(H,25,27). The number of nitrogens with zero attached hydrogens (tertiary/aromatic N) is 1. The molecule has 0 saturated heterocycles. The van der Waals surface area contributed by atoms with Crippen LogP contribution in [0.5, 0.6) is 17.4 Å². The van der Waals surface area contributed by atoms with Crippen molar-refractivity contribution in [2.24, 2.45) is 0 Å². The summed E-state index contributed by atoms with van der Waals surface area (Å²) in [5, 5.41) is 0. The van der Waals surface area contributed by atoms with Gasteiger partial charge in [-0.25, -0.2) is 4.98 Å². The topological polar surface area (TPSA) is 89.6 Å². The quantitative estimate of drug-likeness (QED) is 0.551. The third-order valence-electron chi connectivity index (χ3n) is 3.72. The first-order valence-corrected chi connectivity index (χ1v) is 9.47. The second-order valence-corrected chi connectivity index (χ2v) is 6.94. The zero-order valence-corrected chi connectivity index (χ0v) is 17.1. The predicted molar refractivity (Wildman–Crippen MR) is 111 cm³/mol. The fourth-order valence-corrected chi connectivity index (χ4v) is 2.61. The number of aromatic nitrogens is 1. The van der Waals surface area contributed by atoms with Crippen molar-refractivity contribution in [1.29, 1.82) is 0 Å². The average molecular weight is 456 g/mol. The molecular formula is C21H18BrN3O4. The van der Waals surface area contributed by atoms with E-state index in [0.29, 0.717) is 11.5 Å². The summed E-state index contributed by atoms with van der Waals surface area (Å²) in [5.74, 6) is 0.159. The second kappa shape index (κ2) is 9.70. The molecule has 0 fully saturated rings. The summed E-state index contributed by atoms with van der Waals surface area (Å²) in [6, 6.07) is 17.6. The van der Waals surface area contributed by atoms with E-state index in [1.54, 1.807) is 30.3 Å². The van der Waals surface area contributed by atoms with Crippen molar-refractivity contribution in [3.8, 4) is 17.4 Å². The number of pyridine rings is 1. The van der Waals surface area contributed by atoms with Crippen LogP contribution in [0.15, 0.2) is 71.3 Å². The van der Waals surface area contributed by atoms with Gasteiger partial charge in [0, 0.05) is 10.7 Å². The molecule has 3 rings (SSSR count). The van der Waals surface area contributed by atoms with Crippen molar-refractivity contribution in [1.82, 2.24) is 15.8 Å². The molecule has 2 N–H and O–H groups in total. The van der Waals surface area contributed by atoms with E-state index in [-0.39, 0.29) is 18.1 Å². The van der Waals surface area contributed by atoms with Gasteiger partial charge >= 0.3 is 0 Å². The summed E-state index contributed by atoms with van der Waals surface area (Å²) >= 11 is 3.35. The van der Waals surface area contributed by atoms with Crippen LogP contribution < -0.4 is 20.3 Å². The zero-order chi connectivity index (χ0) is 20.6. The van der Waals surface area contributed by atoms with E-state index in [1.807, 2.05) is 37.3 Å². The number of nitrogens with one attached hydrogen (secondary N) is 2. The first-order valence-electron chi connectivity index (χ1n) is 8.68. The van der Waals surface area contributed by atoms with Gasteiger partial charge in [-0.1, -0.05) is 28.1 Å². The molecule has 0 saturated carbocycles. The highest BCUT2D eigenvalue weighted by atomic mass is 79.9. The maximum absolute atomic E-state index is 12.4. The minimum atomic E-state index is -0.561. The van der Waals surface area contributed by atoms with E-state index in [4.69, 9.17) is 9.47 Å². The summed E-state index contributed by atoms with van der Waals surface area (Å²) < 4.78 is 12.0. The van der Waals surface area contributed by atoms with Gasteiger partial charge in [0.05, 0.1) is 0 Å². The van der Waals surface area contributed by atoms with Gasteiger partial charge < -0.3 is 9.47 Å². The molecule has 1 aromatic heterocycles. The van der Waals surface area contributed by atoms with E-state index in [9.17, 15) is 9.59 Å². The first kappa shape index (κ1) is 20.3. The maximum atomic E-state index is 12.4. The molecule has 0 unspecified atom stereocenters. The van der Waals surface area contributed by atoms with Gasteiger partial charge in [-0.2, -0.15) is 0 Å². The SMILES string of the molecule is Cc1cccc(OCC(=O)NNC(=O)c2cccnc2Oc2ccc(Br)cc2)c1. The van der Waals surface area contributed by atoms with Gasteiger partial charge in [0.25, 0.3) is 11.8 Å². The Bertz CT molecular complexity index is 1010. The summed E-state index contributed by atoms with van der Waals surface area (Å²) in [6.07, 6.45) is 1.51. The van der Waals surface area contributed by atoms with Crippen molar-refractivity contribution in [3.05, 3.63) is 82.5 Å². The molecule has 8 heteroatoms. The minimum Gasteiger partial charge on any atom is -0.484 e. The van der Waals surface area contributed by atoms with Gasteiger partial charge in [-0.05, 0) is 61.0 Å². The number of hydrogen-bond acceptors (Lipinski definition) is 5. The molecule has 0 aliphatic heterocycles. The first-order chi connectivity index (χ1) is 14.0. The van der Waals surface area contributed by atoms with Crippen LogP contribution >= 0.6 is 15.9 Å². The molecule has 7 nitrogen and oxygen atoms in total. The number of carbonyl (C=O) groups excluding carboxylic acids is 2. The molecule has 2 aromatic carbocycles. The predicted octanol–water partition coefficient (Wildman–Crippen LogP) is 3.78. The molecule has 0 aliphatic carbocycles. The number of aryl methyl sites for hydroxylation is 1. The van der Waals surface area contributed by atoms with E-state index in [1.165, 1.54) is 6.20 Å². The summed E-state index contributed by atoms with van der Waals surface area (Å²) in [7, 11) is 0. The molecule has 29 heavy (non-hydrogen) atoms. The molecule has 148 valence electrons. The fourth-order valence-electron chi connectivity index (χ4n) is 2.34. The van der Waals surface area contributed by atoms with E-state index >= 15 is 0 Å². The van der Waals surface area contributed by atoms with Crippen molar-refractivity contribution in [2.45, 2.75) is 6.92 Å². The van der Waals surface area contributed by atoms with Crippen molar-refractivity contribution < 1.29 is 19.1 Å². The summed E-state index contributed by atoms with van der Waals surface area (Å²) in [4.78, 5) is 28.5. The van der Waals surface area contributed by atoms with E-state index < -0.39 is 11.8 Å². The highest BCUT2D eigenvalue weighted by Gasteiger charge is 2.15. The third-order valence-corrected chi connectivity index (χ3v) is 4.25. The molecule has 0 aliphatic rings. The van der Waals surface area contributed by atoms with Crippen molar-refractivity contribution >= 4 is 27.7 Å². The maximum Gasteiger partial charge on any atom is 0.276 e. The Balaban J connectivity index is 1.56. The normalized spacial score (nSPS) is 10.1. The smallest absolute Gasteiger partial charge is 0.276 e. The second-order valence-electron chi connectivity index (χ2n) is 6.02. The molecule has 0 bridgehead atoms. The van der Waals surface area contributed by atoms with Crippen molar-refractivity contribution in [2.75, 3.05) is 6.61 Å². The Hall–Kier alpha value is -3.39. The van der Waals surface area contributed by atoms with E-state index in [2.05, 4.69) is 31.8 Å². The van der Waals surface area contributed by atoms with Crippen LogP contribution in [0.1, 0.15) is 15.9 Å². The molecule has 2 amide bonds. The van der Waals surface area contributed by atoms with Crippen LogP contribution in [0.25, 0.3) is 0 Å². The van der Waals surface area contributed by atoms with Crippen LogP contribution in [-0.2, 0) is 4.79 Å². The zero-order valence-electron chi connectivity index (χ0n) is 15.5. The molecule has 0 radical (unpaired) electrons. The molecule has 0 spiro atoms. The number of benzene rings is 2. The number of hydrazine groups is 1. The van der Waals surface area contributed by atoms with Crippen LogP contribution in [0, 0.1) is 6.92 Å². The van der Waals surface area contributed by atoms with E-state index in [0.717, 1.165) is 10.0 Å². The third kappa shape index (κ3) is 6.05. The lowest BCUT2D eigenvalue weighted by molar-refractivity contribution is -0.123. The number of halogens is 1. The Morgan fingerprint density at radius 1 is 1.00 bits per heavy atom. The van der Waals surface area contributed by atoms with Gasteiger partial charge in [0.1, 0.15) is 17.1 Å². The molecule has 1 heterocycles. The lowest BCUT2D eigenvalue weighted by Gasteiger charge is -2.11. The van der Waals surface area contributed by atoms with Gasteiger partial charge in [0.15, 0.2) is 6.61 Å². The minimum absolute atomic E-state index is 0.123. The number of rotatable bonds is 6. The number of carbonyl (C=O) groups is 2. The Morgan fingerprint density at radius 3 is 2.55 bits per heavy atom. The van der Waals surface area contributed by atoms with Crippen LogP contribution in [0.3, 0.4) is 0 Å². The number of amides is 2. The highest BCUT2D eigenvalue weighted by Crippen LogP contribution is 2.24. The van der Waals surface area contributed by atoms with Crippen molar-refractivity contribution in [3.63, 3.8) is 0 Å². The Labute approximate surface area is 176 Å². The number of ether oxygens (including phenoxy) is 2. The molecular weight excluding hydrogens is 438 g/mol. The monoisotopic (exact) mass is 455 g/mol. The highest BCUT2D eigenvalue weighted by molar-refractivity contribution is 9.10. The number of hydrogen-bond donors (Lipinski definition) is 2. The van der Waals surface area contributed by atoms with Gasteiger partial charge in [-0.15, -0.1) is 0 Å². The lowest BCUT2D eigenvalue weighted by atomic mass is 10.2. The summed E-state index contributed by atoms with van der Waals surface area (Å²) in [5.41, 5.74) is 5.84. The van der Waals surface area contributed by atoms with Crippen LogP contribution in [-0.4, -0.2) is 23.4 Å². The average Bonchev–Trinajstić information content (AvgIpc) is 2.72. The lowest BCUT2D eigenvalue weighted by Crippen LogP contribution is -2.44. The molecule has 0 atom stereocenters. The molecule has 3 aromatic rings. The van der Waals surface area contributed by atoms with Crippen LogP contribution in [0.4, 0.5) is 0 Å². The Morgan fingerprint density at radius 2 is 1.79 bits per heavy atom. The largest absolute Gasteiger partial charge is 0.484 e. The summed E-state index contributed by atoms with van der Waals surface area (Å²) in [6.45, 7) is 1.69. The fraction of sp³-hybridized carbons (Fsp3) is 0.0952.